The minimum atomic E-state index is -3.56. The van der Waals surface area contributed by atoms with Gasteiger partial charge in [-0.25, -0.2) is 8.42 Å². The molecule has 1 atom stereocenters. The zero-order valence-electron chi connectivity index (χ0n) is 18.1. The number of nitro benzene ring substituents is 1. The van der Waals surface area contributed by atoms with Crippen molar-refractivity contribution in [2.24, 2.45) is 5.92 Å². The van der Waals surface area contributed by atoms with Gasteiger partial charge in [0.1, 0.15) is 0 Å². The highest BCUT2D eigenvalue weighted by Crippen LogP contribution is 2.28. The van der Waals surface area contributed by atoms with Gasteiger partial charge >= 0.3 is 0 Å². The quantitative estimate of drug-likeness (QED) is 0.465. The second-order valence-corrected chi connectivity index (χ2v) is 9.73. The number of carbonyl (C=O) groups excluding carboxylic acids is 1. The molecule has 1 saturated heterocycles. The molecule has 8 nitrogen and oxygen atoms in total. The molecule has 9 heteroatoms. The summed E-state index contributed by atoms with van der Waals surface area (Å²) >= 11 is 0. The molecule has 0 saturated carbocycles. The van der Waals surface area contributed by atoms with Crippen LogP contribution in [-0.4, -0.2) is 48.6 Å². The highest BCUT2D eigenvalue weighted by atomic mass is 32.2. The van der Waals surface area contributed by atoms with Crippen LogP contribution in [0.2, 0.25) is 0 Å². The molecule has 0 aromatic heterocycles. The maximum atomic E-state index is 13.0. The zero-order chi connectivity index (χ0) is 23.3. The molecule has 1 aliphatic rings. The summed E-state index contributed by atoms with van der Waals surface area (Å²) in [5.74, 6) is -0.369. The molecule has 2 aromatic carbocycles. The van der Waals surface area contributed by atoms with E-state index in [1.807, 2.05) is 37.3 Å². The summed E-state index contributed by atoms with van der Waals surface area (Å²) in [5.41, 5.74) is 1.47. The minimum absolute atomic E-state index is 0.0164. The van der Waals surface area contributed by atoms with Crippen molar-refractivity contribution in [3.8, 4) is 0 Å². The Labute approximate surface area is 188 Å². The first-order chi connectivity index (χ1) is 15.2. The van der Waals surface area contributed by atoms with Gasteiger partial charge in [-0.1, -0.05) is 42.5 Å². The van der Waals surface area contributed by atoms with E-state index in [2.05, 4.69) is 0 Å². The van der Waals surface area contributed by atoms with Crippen LogP contribution in [0.4, 0.5) is 5.69 Å². The van der Waals surface area contributed by atoms with Crippen molar-refractivity contribution in [1.82, 2.24) is 9.21 Å². The van der Waals surface area contributed by atoms with Gasteiger partial charge in [-0.2, -0.15) is 4.31 Å². The summed E-state index contributed by atoms with van der Waals surface area (Å²) in [7, 11) is -1.88. The lowest BCUT2D eigenvalue weighted by molar-refractivity contribution is -0.384. The predicted molar refractivity (Wildman–Crippen MR) is 123 cm³/mol. The number of nitrogens with zero attached hydrogens (tertiary/aromatic N) is 3. The van der Waals surface area contributed by atoms with Crippen LogP contribution in [0.5, 0.6) is 0 Å². The van der Waals surface area contributed by atoms with Crippen LogP contribution in [0, 0.1) is 16.0 Å². The Kier molecular flexibility index (Phi) is 7.42. The fraction of sp³-hybridized carbons (Fsp3) is 0.348. The molecule has 0 bridgehead atoms. The molecule has 0 aliphatic carbocycles. The molecule has 170 valence electrons. The molecule has 1 heterocycles. The second-order valence-electron chi connectivity index (χ2n) is 7.91. The van der Waals surface area contributed by atoms with E-state index in [-0.39, 0.29) is 36.6 Å². The van der Waals surface area contributed by atoms with E-state index in [0.717, 1.165) is 5.56 Å². The van der Waals surface area contributed by atoms with Gasteiger partial charge in [-0.15, -0.1) is 0 Å². The van der Waals surface area contributed by atoms with E-state index >= 15 is 0 Å². The topological polar surface area (TPSA) is 101 Å². The van der Waals surface area contributed by atoms with Crippen LogP contribution >= 0.6 is 0 Å². The maximum absolute atomic E-state index is 13.0. The molecule has 0 radical (unpaired) electrons. The Morgan fingerprint density at radius 1 is 1.16 bits per heavy atom. The average Bonchev–Trinajstić information content (AvgIpc) is 2.82. The second kappa shape index (κ2) is 10.1. The van der Waals surface area contributed by atoms with Gasteiger partial charge < -0.3 is 4.90 Å². The van der Waals surface area contributed by atoms with Gasteiger partial charge in [-0.05, 0) is 37.0 Å². The molecule has 0 N–H and O–H groups in total. The molecule has 2 aromatic rings. The standard InChI is InChI=1S/C23H27N3O5S/c1-18(21-9-6-10-22(17-21)26(28)29)24(2)23(27)20-11-14-25(15-12-20)32(30,31)16-13-19-7-4-3-5-8-19/h3-10,13,16-18,20H,11-12,14-15H2,1-2H3. The monoisotopic (exact) mass is 457 g/mol. The van der Waals surface area contributed by atoms with Crippen molar-refractivity contribution < 1.29 is 18.1 Å². The first kappa shape index (κ1) is 23.6. The fourth-order valence-corrected chi connectivity index (χ4v) is 4.99. The number of hydrogen-bond donors (Lipinski definition) is 0. The molecule has 1 amide bonds. The van der Waals surface area contributed by atoms with Crippen molar-refractivity contribution in [3.63, 3.8) is 0 Å². The number of rotatable bonds is 7. The molecule has 32 heavy (non-hydrogen) atoms. The van der Waals surface area contributed by atoms with Gasteiger partial charge in [-0.3, -0.25) is 14.9 Å². The smallest absolute Gasteiger partial charge is 0.269 e. The number of hydrogen-bond acceptors (Lipinski definition) is 5. The number of non-ortho nitro benzene ring substituents is 1. The van der Waals surface area contributed by atoms with Crippen molar-refractivity contribution >= 4 is 27.7 Å². The van der Waals surface area contributed by atoms with Crippen LogP contribution in [0.15, 0.2) is 60.0 Å². The summed E-state index contributed by atoms with van der Waals surface area (Å²) in [6.45, 7) is 2.37. The third-order valence-corrected chi connectivity index (χ3v) is 7.45. The third-order valence-electron chi connectivity index (χ3n) is 5.89. The van der Waals surface area contributed by atoms with Crippen LogP contribution in [-0.2, 0) is 14.8 Å². The molecule has 1 aliphatic heterocycles. The third kappa shape index (κ3) is 5.60. The molecule has 1 fully saturated rings. The normalized spacial score (nSPS) is 16.7. The number of piperidine rings is 1. The first-order valence-electron chi connectivity index (χ1n) is 10.4. The van der Waals surface area contributed by atoms with Crippen molar-refractivity contribution in [1.29, 1.82) is 0 Å². The summed E-state index contributed by atoms with van der Waals surface area (Å²) in [4.78, 5) is 25.2. The molecular weight excluding hydrogens is 430 g/mol. The predicted octanol–water partition coefficient (Wildman–Crippen LogP) is 3.83. The molecule has 1 unspecified atom stereocenters. The van der Waals surface area contributed by atoms with Crippen molar-refractivity contribution in [3.05, 3.63) is 81.2 Å². The fourth-order valence-electron chi connectivity index (χ4n) is 3.77. The lowest BCUT2D eigenvalue weighted by atomic mass is 9.95. The number of sulfonamides is 1. The van der Waals surface area contributed by atoms with E-state index in [0.29, 0.717) is 18.4 Å². The molecular formula is C23H27N3O5S. The molecule has 0 spiro atoms. The summed E-state index contributed by atoms with van der Waals surface area (Å²) in [5, 5.41) is 12.2. The maximum Gasteiger partial charge on any atom is 0.269 e. The van der Waals surface area contributed by atoms with Crippen LogP contribution < -0.4 is 0 Å². The largest absolute Gasteiger partial charge is 0.339 e. The number of benzene rings is 2. The number of carbonyl (C=O) groups is 1. The zero-order valence-corrected chi connectivity index (χ0v) is 18.9. The van der Waals surface area contributed by atoms with Crippen molar-refractivity contribution in [2.75, 3.05) is 20.1 Å². The van der Waals surface area contributed by atoms with Crippen LogP contribution in [0.25, 0.3) is 6.08 Å². The average molecular weight is 458 g/mol. The molecule has 3 rings (SSSR count). The van der Waals surface area contributed by atoms with Gasteiger partial charge in [0.25, 0.3) is 5.69 Å². The summed E-state index contributed by atoms with van der Waals surface area (Å²) in [6.07, 6.45) is 2.44. The summed E-state index contributed by atoms with van der Waals surface area (Å²) in [6, 6.07) is 15.1. The van der Waals surface area contributed by atoms with E-state index in [1.165, 1.54) is 21.8 Å². The SMILES string of the molecule is CC(c1cccc([N+](=O)[O-])c1)N(C)C(=O)C1CCN(S(=O)(=O)C=Cc2ccccc2)CC1. The lowest BCUT2D eigenvalue weighted by Gasteiger charge is -2.34. The van der Waals surface area contributed by atoms with Crippen LogP contribution in [0.3, 0.4) is 0 Å². The van der Waals surface area contributed by atoms with Gasteiger partial charge in [0.15, 0.2) is 0 Å². The van der Waals surface area contributed by atoms with Crippen LogP contribution in [0.1, 0.15) is 36.9 Å². The Morgan fingerprint density at radius 2 is 1.81 bits per heavy atom. The first-order valence-corrected chi connectivity index (χ1v) is 11.9. The Balaban J connectivity index is 1.60. The van der Waals surface area contributed by atoms with Gasteiger partial charge in [0.05, 0.1) is 11.0 Å². The Hall–Kier alpha value is -3.04. The Morgan fingerprint density at radius 3 is 2.44 bits per heavy atom. The van der Waals surface area contributed by atoms with Gasteiger partial charge in [0, 0.05) is 43.6 Å². The van der Waals surface area contributed by atoms with Gasteiger partial charge in [0.2, 0.25) is 15.9 Å². The number of nitro groups is 1. The highest BCUT2D eigenvalue weighted by molar-refractivity contribution is 7.92. The minimum Gasteiger partial charge on any atom is -0.339 e. The van der Waals surface area contributed by atoms with E-state index in [4.69, 9.17) is 0 Å². The van der Waals surface area contributed by atoms with E-state index < -0.39 is 14.9 Å². The highest BCUT2D eigenvalue weighted by Gasteiger charge is 2.32. The van der Waals surface area contributed by atoms with E-state index in [1.54, 1.807) is 30.2 Å². The number of amides is 1. The summed E-state index contributed by atoms with van der Waals surface area (Å²) < 4.78 is 26.7. The van der Waals surface area contributed by atoms with E-state index in [9.17, 15) is 23.3 Å². The van der Waals surface area contributed by atoms with Crippen molar-refractivity contribution in [2.45, 2.75) is 25.8 Å². The Bertz CT molecular complexity index is 1090. The lowest BCUT2D eigenvalue weighted by Crippen LogP contribution is -2.43.